The zero-order valence-electron chi connectivity index (χ0n) is 11.3. The van der Waals surface area contributed by atoms with E-state index in [1.54, 1.807) is 0 Å². The second-order valence-corrected chi connectivity index (χ2v) is 8.81. The van der Waals surface area contributed by atoms with Gasteiger partial charge in [-0.1, -0.05) is 12.8 Å². The second kappa shape index (κ2) is 9.21. The van der Waals surface area contributed by atoms with Crippen molar-refractivity contribution in [1.29, 1.82) is 0 Å². The van der Waals surface area contributed by atoms with Crippen LogP contribution in [0.25, 0.3) is 0 Å². The monoisotopic (exact) mass is 336 g/mol. The summed E-state index contributed by atoms with van der Waals surface area (Å²) in [6.07, 6.45) is 4.42. The van der Waals surface area contributed by atoms with Crippen molar-refractivity contribution in [2.75, 3.05) is 6.61 Å². The molecule has 116 valence electrons. The molecule has 0 bridgehead atoms. The van der Waals surface area contributed by atoms with Crippen LogP contribution in [0, 0.1) is 0 Å². The summed E-state index contributed by atoms with van der Waals surface area (Å²) in [6.45, 7) is 0.813. The molecule has 3 unspecified atom stereocenters. The Bertz CT molecular complexity index is 371. The Hall–Kier alpha value is 1.01. The number of aliphatic hydroxyl groups is 2. The normalized spacial score (nSPS) is 26.8. The van der Waals surface area contributed by atoms with Gasteiger partial charge in [0.05, 0.1) is 6.10 Å². The molecule has 3 atom stereocenters. The number of aliphatic hydroxyl groups excluding tert-OH is 2. The molecular weight excluding hydrogens is 311 g/mol. The predicted molar refractivity (Wildman–Crippen MR) is 81.7 cm³/mol. The van der Waals surface area contributed by atoms with Gasteiger partial charge in [0.1, 0.15) is 0 Å². The van der Waals surface area contributed by atoms with Crippen molar-refractivity contribution in [1.82, 2.24) is 0 Å². The SMILES string of the molecule is O=S(=O)(O)C(O)C(O)CCCCC1([SiH3])CCCCO1.[NaH]. The maximum atomic E-state index is 10.6. The van der Waals surface area contributed by atoms with Gasteiger partial charge in [0, 0.05) is 22.1 Å². The molecule has 20 heavy (non-hydrogen) atoms. The fourth-order valence-corrected chi connectivity index (χ4v) is 3.83. The van der Waals surface area contributed by atoms with Gasteiger partial charge in [0.15, 0.2) is 0 Å². The Labute approximate surface area is 145 Å². The molecule has 1 rings (SSSR count). The molecule has 3 N–H and O–H groups in total. The van der Waals surface area contributed by atoms with E-state index in [2.05, 4.69) is 0 Å². The van der Waals surface area contributed by atoms with Gasteiger partial charge in [-0.25, -0.2) is 0 Å². The molecule has 0 aromatic rings. The Morgan fingerprint density at radius 2 is 1.90 bits per heavy atom. The summed E-state index contributed by atoms with van der Waals surface area (Å²) in [5.74, 6) is 0. The number of rotatable bonds is 7. The van der Waals surface area contributed by atoms with Crippen LogP contribution in [0.15, 0.2) is 0 Å². The Balaban J connectivity index is 0.00000361. The maximum absolute atomic E-state index is 10.6. The van der Waals surface area contributed by atoms with Crippen LogP contribution >= 0.6 is 0 Å². The van der Waals surface area contributed by atoms with Gasteiger partial charge in [-0.2, -0.15) is 8.42 Å². The number of hydrogen-bond acceptors (Lipinski definition) is 5. The quantitative estimate of drug-likeness (QED) is 0.304. The average molecular weight is 336 g/mol. The summed E-state index contributed by atoms with van der Waals surface area (Å²) in [5, 5.41) is 18.6. The molecule has 1 fully saturated rings. The molecule has 0 aromatic carbocycles. The first-order valence-corrected chi connectivity index (χ1v) is 9.21. The molecule has 0 saturated carbocycles. The first kappa shape index (κ1) is 21.0. The van der Waals surface area contributed by atoms with E-state index >= 15 is 0 Å². The fraction of sp³-hybridized carbons (Fsp3) is 1.00. The molecule has 0 aromatic heterocycles. The van der Waals surface area contributed by atoms with Crippen molar-refractivity contribution in [3.63, 3.8) is 0 Å². The van der Waals surface area contributed by atoms with Crippen molar-refractivity contribution in [3.8, 4) is 0 Å². The van der Waals surface area contributed by atoms with Crippen molar-refractivity contribution in [2.24, 2.45) is 0 Å². The number of hydrogen-bond donors (Lipinski definition) is 3. The number of ether oxygens (including phenoxy) is 1. The van der Waals surface area contributed by atoms with Crippen molar-refractivity contribution in [2.45, 2.75) is 61.7 Å². The summed E-state index contributed by atoms with van der Waals surface area (Å²) < 4.78 is 35.7. The molecule has 1 saturated heterocycles. The van der Waals surface area contributed by atoms with E-state index in [9.17, 15) is 13.5 Å². The van der Waals surface area contributed by atoms with Crippen molar-refractivity contribution in [3.05, 3.63) is 0 Å². The van der Waals surface area contributed by atoms with Gasteiger partial charge >= 0.3 is 29.6 Å². The van der Waals surface area contributed by atoms with Crippen LogP contribution in [0.2, 0.25) is 0 Å². The van der Waals surface area contributed by atoms with Crippen LogP contribution in [0.1, 0.15) is 44.9 Å². The Morgan fingerprint density at radius 3 is 2.40 bits per heavy atom. The molecule has 0 radical (unpaired) electrons. The zero-order valence-corrected chi connectivity index (χ0v) is 14.1. The third-order valence-electron chi connectivity index (χ3n) is 3.64. The van der Waals surface area contributed by atoms with Crippen molar-refractivity contribution >= 4 is 49.9 Å². The van der Waals surface area contributed by atoms with Crippen LogP contribution < -0.4 is 0 Å². The second-order valence-electron chi connectivity index (χ2n) is 5.47. The molecule has 9 heteroatoms. The molecular formula is C11H25NaO6SSi. The van der Waals surface area contributed by atoms with Gasteiger partial charge in [0.25, 0.3) is 10.1 Å². The minimum absolute atomic E-state index is 0. The minimum atomic E-state index is -4.58. The van der Waals surface area contributed by atoms with E-state index in [0.717, 1.165) is 42.5 Å². The van der Waals surface area contributed by atoms with E-state index in [1.165, 1.54) is 6.42 Å². The van der Waals surface area contributed by atoms with Gasteiger partial charge < -0.3 is 14.9 Å². The summed E-state index contributed by atoms with van der Waals surface area (Å²) >= 11 is 0. The summed E-state index contributed by atoms with van der Waals surface area (Å²) in [5.41, 5.74) is -2.11. The van der Waals surface area contributed by atoms with Gasteiger partial charge in [-0.15, -0.1) is 0 Å². The fourth-order valence-electron chi connectivity index (χ4n) is 2.38. The van der Waals surface area contributed by atoms with E-state index in [4.69, 9.17) is 14.4 Å². The first-order valence-electron chi connectivity index (χ1n) is 6.71. The van der Waals surface area contributed by atoms with E-state index in [1.807, 2.05) is 0 Å². The molecule has 0 spiro atoms. The predicted octanol–water partition coefficient (Wildman–Crippen LogP) is -1.27. The zero-order chi connectivity index (χ0) is 14.5. The van der Waals surface area contributed by atoms with Crippen LogP contribution in [-0.4, -0.2) is 86.4 Å². The van der Waals surface area contributed by atoms with E-state index in [0.29, 0.717) is 6.42 Å². The molecule has 6 nitrogen and oxygen atoms in total. The molecule has 0 aliphatic carbocycles. The molecule has 1 aliphatic heterocycles. The van der Waals surface area contributed by atoms with Gasteiger partial charge in [0.2, 0.25) is 5.44 Å². The standard InChI is InChI=1S/C11H24O6SSi.Na.H/c12-9(10(13)18(14,15)16)5-1-2-6-11(19)7-3-4-8-17-11;;/h9-10,12-13H,1-8H2,19H3,(H,14,15,16);;. The summed E-state index contributed by atoms with van der Waals surface area (Å²) in [6, 6.07) is 0. The van der Waals surface area contributed by atoms with Crippen molar-refractivity contribution < 1.29 is 27.9 Å². The molecule has 1 heterocycles. The molecule has 0 amide bonds. The van der Waals surface area contributed by atoms with E-state index in [-0.39, 0.29) is 41.2 Å². The van der Waals surface area contributed by atoms with Crippen LogP contribution in [-0.2, 0) is 14.9 Å². The third kappa shape index (κ3) is 7.32. The van der Waals surface area contributed by atoms with Crippen LogP contribution in [0.4, 0.5) is 0 Å². The Morgan fingerprint density at radius 1 is 1.25 bits per heavy atom. The third-order valence-corrected chi connectivity index (χ3v) is 5.85. The van der Waals surface area contributed by atoms with E-state index < -0.39 is 21.7 Å². The van der Waals surface area contributed by atoms with Crippen LogP contribution in [0.3, 0.4) is 0 Å². The topological polar surface area (TPSA) is 104 Å². The van der Waals surface area contributed by atoms with Gasteiger partial charge in [-0.3, -0.25) is 4.55 Å². The van der Waals surface area contributed by atoms with Crippen LogP contribution in [0.5, 0.6) is 0 Å². The average Bonchev–Trinajstić information content (AvgIpc) is 2.33. The first-order chi connectivity index (χ1) is 8.75. The number of unbranched alkanes of at least 4 members (excludes halogenated alkanes) is 1. The summed E-state index contributed by atoms with van der Waals surface area (Å²) in [7, 11) is -3.62. The molecule has 1 aliphatic rings. The Kier molecular flexibility index (Phi) is 9.68. The van der Waals surface area contributed by atoms with Gasteiger partial charge in [-0.05, 0) is 32.1 Å². The summed E-state index contributed by atoms with van der Waals surface area (Å²) in [4.78, 5) is 0.